The van der Waals surface area contributed by atoms with Crippen molar-refractivity contribution >= 4 is 21.9 Å². The third-order valence-electron chi connectivity index (χ3n) is 1.61. The predicted molar refractivity (Wildman–Crippen MR) is 51.1 cm³/mol. The van der Waals surface area contributed by atoms with Crippen LogP contribution in [0.25, 0.3) is 0 Å². The fraction of sp³-hybridized carbons (Fsp3) is 0.222. The first-order chi connectivity index (χ1) is 6.15. The van der Waals surface area contributed by atoms with Gasteiger partial charge in [-0.05, 0) is 17.7 Å². The molecule has 0 unspecified atom stereocenters. The Balaban J connectivity index is 2.83. The third-order valence-corrected chi connectivity index (χ3v) is 2.14. The van der Waals surface area contributed by atoms with Gasteiger partial charge in [-0.25, -0.2) is 4.79 Å². The molecule has 1 atom stereocenters. The van der Waals surface area contributed by atoms with E-state index in [-0.39, 0.29) is 0 Å². The van der Waals surface area contributed by atoms with Gasteiger partial charge in [0.05, 0.1) is 7.11 Å². The molecule has 0 spiro atoms. The van der Waals surface area contributed by atoms with Crippen LogP contribution in [0.15, 0.2) is 28.7 Å². The van der Waals surface area contributed by atoms with Crippen LogP contribution in [-0.2, 0) is 9.53 Å². The largest absolute Gasteiger partial charge is 0.467 e. The van der Waals surface area contributed by atoms with E-state index in [1.54, 1.807) is 24.3 Å². The van der Waals surface area contributed by atoms with Crippen molar-refractivity contribution in [3.63, 3.8) is 0 Å². The van der Waals surface area contributed by atoms with Crippen molar-refractivity contribution in [3.05, 3.63) is 34.3 Å². The molecule has 0 aromatic heterocycles. The fourth-order valence-corrected chi connectivity index (χ4v) is 1.16. The molecule has 0 saturated carbocycles. The highest BCUT2D eigenvalue weighted by Crippen LogP contribution is 2.17. The van der Waals surface area contributed by atoms with Crippen molar-refractivity contribution in [1.29, 1.82) is 0 Å². The summed E-state index contributed by atoms with van der Waals surface area (Å²) in [7, 11) is 1.24. The van der Waals surface area contributed by atoms with E-state index in [1.165, 1.54) is 7.11 Å². The molecule has 1 N–H and O–H groups in total. The number of hydrogen-bond donors (Lipinski definition) is 1. The van der Waals surface area contributed by atoms with Gasteiger partial charge in [-0.15, -0.1) is 0 Å². The van der Waals surface area contributed by atoms with Crippen molar-refractivity contribution in [1.82, 2.24) is 0 Å². The molecule has 1 rings (SSSR count). The molecule has 13 heavy (non-hydrogen) atoms. The fourth-order valence-electron chi connectivity index (χ4n) is 0.893. The summed E-state index contributed by atoms with van der Waals surface area (Å²) >= 11 is 3.25. The molecule has 0 radical (unpaired) electrons. The summed E-state index contributed by atoms with van der Waals surface area (Å²) in [4.78, 5) is 10.9. The molecule has 4 heteroatoms. The first-order valence-electron chi connectivity index (χ1n) is 3.66. The van der Waals surface area contributed by atoms with Gasteiger partial charge in [0.15, 0.2) is 6.10 Å². The zero-order valence-electron chi connectivity index (χ0n) is 7.03. The lowest BCUT2D eigenvalue weighted by Gasteiger charge is -2.07. The van der Waals surface area contributed by atoms with Crippen molar-refractivity contribution in [2.75, 3.05) is 7.11 Å². The summed E-state index contributed by atoms with van der Waals surface area (Å²) in [6.45, 7) is 0. The lowest BCUT2D eigenvalue weighted by atomic mass is 10.1. The van der Waals surface area contributed by atoms with Crippen LogP contribution in [0.1, 0.15) is 11.7 Å². The second-order valence-corrected chi connectivity index (χ2v) is 3.39. The van der Waals surface area contributed by atoms with Gasteiger partial charge in [-0.3, -0.25) is 0 Å². The first kappa shape index (κ1) is 10.2. The van der Waals surface area contributed by atoms with Crippen LogP contribution in [0, 0.1) is 0 Å². The van der Waals surface area contributed by atoms with E-state index in [2.05, 4.69) is 20.7 Å². The topological polar surface area (TPSA) is 46.5 Å². The quantitative estimate of drug-likeness (QED) is 0.806. The normalized spacial score (nSPS) is 12.2. The third kappa shape index (κ3) is 2.54. The Kier molecular flexibility index (Phi) is 3.45. The SMILES string of the molecule is COC(=O)[C@@H](O)c1ccc(Br)cc1. The number of esters is 1. The van der Waals surface area contributed by atoms with Gasteiger partial charge in [0, 0.05) is 4.47 Å². The number of aliphatic hydroxyl groups is 1. The number of carbonyl (C=O) groups is 1. The lowest BCUT2D eigenvalue weighted by molar-refractivity contribution is -0.150. The van der Waals surface area contributed by atoms with Crippen LogP contribution in [-0.4, -0.2) is 18.2 Å². The van der Waals surface area contributed by atoms with E-state index in [9.17, 15) is 9.90 Å². The number of rotatable bonds is 2. The molecular weight excluding hydrogens is 236 g/mol. The van der Waals surface area contributed by atoms with E-state index in [4.69, 9.17) is 0 Å². The summed E-state index contributed by atoms with van der Waals surface area (Å²) in [5.41, 5.74) is 0.523. The van der Waals surface area contributed by atoms with Gasteiger partial charge in [-0.1, -0.05) is 28.1 Å². The molecule has 0 aliphatic rings. The molecule has 1 aromatic carbocycles. The number of carbonyl (C=O) groups excluding carboxylic acids is 1. The van der Waals surface area contributed by atoms with E-state index < -0.39 is 12.1 Å². The highest BCUT2D eigenvalue weighted by molar-refractivity contribution is 9.10. The average Bonchev–Trinajstić information content (AvgIpc) is 2.17. The number of benzene rings is 1. The Morgan fingerprint density at radius 1 is 1.46 bits per heavy atom. The van der Waals surface area contributed by atoms with Gasteiger partial charge in [0.1, 0.15) is 0 Å². The number of aliphatic hydroxyl groups excluding tert-OH is 1. The molecule has 0 bridgehead atoms. The van der Waals surface area contributed by atoms with Crippen LogP contribution in [0.5, 0.6) is 0 Å². The Morgan fingerprint density at radius 3 is 2.46 bits per heavy atom. The van der Waals surface area contributed by atoms with Crippen LogP contribution >= 0.6 is 15.9 Å². The minimum Gasteiger partial charge on any atom is -0.467 e. The second-order valence-electron chi connectivity index (χ2n) is 2.48. The highest BCUT2D eigenvalue weighted by atomic mass is 79.9. The Hall–Kier alpha value is -0.870. The van der Waals surface area contributed by atoms with Gasteiger partial charge >= 0.3 is 5.97 Å². The van der Waals surface area contributed by atoms with Gasteiger partial charge in [0.25, 0.3) is 0 Å². The molecule has 70 valence electrons. The zero-order valence-corrected chi connectivity index (χ0v) is 8.61. The Bertz CT molecular complexity index is 294. The van der Waals surface area contributed by atoms with Crippen molar-refractivity contribution < 1.29 is 14.6 Å². The molecule has 0 amide bonds. The molecule has 0 aliphatic heterocycles. The monoisotopic (exact) mass is 244 g/mol. The average molecular weight is 245 g/mol. The maximum absolute atomic E-state index is 10.9. The van der Waals surface area contributed by atoms with E-state index >= 15 is 0 Å². The van der Waals surface area contributed by atoms with Crippen LogP contribution in [0.2, 0.25) is 0 Å². The zero-order chi connectivity index (χ0) is 9.84. The number of ether oxygens (including phenoxy) is 1. The molecular formula is C9H9BrO3. The second kappa shape index (κ2) is 4.39. The molecule has 0 heterocycles. The number of hydrogen-bond acceptors (Lipinski definition) is 3. The number of halogens is 1. The van der Waals surface area contributed by atoms with Crippen LogP contribution < -0.4 is 0 Å². The summed E-state index contributed by atoms with van der Waals surface area (Å²) < 4.78 is 5.29. The smallest absolute Gasteiger partial charge is 0.339 e. The molecule has 1 aromatic rings. The van der Waals surface area contributed by atoms with Crippen LogP contribution in [0.3, 0.4) is 0 Å². The van der Waals surface area contributed by atoms with Crippen molar-refractivity contribution in [2.45, 2.75) is 6.10 Å². The summed E-state index contributed by atoms with van der Waals surface area (Å²) in [5.74, 6) is -0.651. The summed E-state index contributed by atoms with van der Waals surface area (Å²) in [6.07, 6.45) is -1.20. The lowest BCUT2D eigenvalue weighted by Crippen LogP contribution is -2.13. The van der Waals surface area contributed by atoms with Crippen molar-refractivity contribution in [3.8, 4) is 0 Å². The van der Waals surface area contributed by atoms with Crippen LogP contribution in [0.4, 0.5) is 0 Å². The standard InChI is InChI=1S/C9H9BrO3/c1-13-9(12)8(11)6-2-4-7(10)5-3-6/h2-5,8,11H,1H3/t8-/m0/s1. The summed E-state index contributed by atoms with van der Waals surface area (Å²) in [6, 6.07) is 6.82. The van der Waals surface area contributed by atoms with E-state index in [1.807, 2.05) is 0 Å². The van der Waals surface area contributed by atoms with Gasteiger partial charge in [0.2, 0.25) is 0 Å². The van der Waals surface area contributed by atoms with Gasteiger partial charge in [-0.2, -0.15) is 0 Å². The van der Waals surface area contributed by atoms with Gasteiger partial charge < -0.3 is 9.84 Å². The molecule has 0 fully saturated rings. The first-order valence-corrected chi connectivity index (χ1v) is 4.46. The van der Waals surface area contributed by atoms with Crippen molar-refractivity contribution in [2.24, 2.45) is 0 Å². The molecule has 3 nitrogen and oxygen atoms in total. The maximum atomic E-state index is 10.9. The maximum Gasteiger partial charge on any atom is 0.339 e. The molecule has 0 saturated heterocycles. The summed E-state index contributed by atoms with van der Waals surface area (Å²) in [5, 5.41) is 9.39. The Labute approximate surface area is 84.5 Å². The predicted octanol–water partition coefficient (Wildman–Crippen LogP) is 1.66. The minimum absolute atomic E-state index is 0.523. The van der Waals surface area contributed by atoms with E-state index in [0.29, 0.717) is 5.56 Å². The Morgan fingerprint density at radius 2 is 2.00 bits per heavy atom. The highest BCUT2D eigenvalue weighted by Gasteiger charge is 2.16. The number of methoxy groups -OCH3 is 1. The molecule has 0 aliphatic carbocycles. The minimum atomic E-state index is -1.20. The van der Waals surface area contributed by atoms with E-state index in [0.717, 1.165) is 4.47 Å².